The topological polar surface area (TPSA) is 256 Å². The number of nitrogens with one attached hydrogen (secondary N) is 8. The number of rotatable bonds is 24. The molecule has 2 unspecified atom stereocenters. The number of carbonyl (C=O) groups excluding carboxylic acids is 9. The Morgan fingerprint density at radius 1 is 0.710 bits per heavy atom. The molecule has 20 heteroatoms. The lowest BCUT2D eigenvalue weighted by molar-refractivity contribution is -0.138. The third-order valence-corrected chi connectivity index (χ3v) is 12.9. The van der Waals surface area contributed by atoms with Crippen LogP contribution < -0.4 is 47.8 Å². The molecule has 8 N–H and O–H groups in total. The molecule has 19 nitrogen and oxygen atoms in total. The van der Waals surface area contributed by atoms with Gasteiger partial charge in [-0.25, -0.2) is 0 Å². The van der Waals surface area contributed by atoms with Gasteiger partial charge in [0, 0.05) is 25.2 Å². The Hall–Kier alpha value is -5.16. The molecule has 5 atom stereocenters. The number of hydrogen-bond donors (Lipinski definition) is 8. The summed E-state index contributed by atoms with van der Waals surface area (Å²) in [5.74, 6) is -4.66. The fourth-order valence-electron chi connectivity index (χ4n) is 8.36. The van der Waals surface area contributed by atoms with Crippen molar-refractivity contribution in [3.63, 3.8) is 0 Å². The first-order valence-electron chi connectivity index (χ1n) is 24.3. The standard InChI is InChI=1S/C49H81N10O9P/c1-30(2)25-36(41(63)56-49(8,9)46(68)57-48(6,7)44(66)50-23-24-58(10)11)53-38(60)27-52-45(67)47(4,5)55-39(61)28-51-40(62)35(22-17-32-15-13-12-14-16-32)54-42(64)37-26-31(3)29-59(37)43(65)33-18-20-34(69)21-19-33/h18-21,30-32,35-37H,12-17,22-29,69H2,1-11H3,(H,50,66)(H,51,62)(H,52,67)(H,53,60)(H,54,64)(H,55,61)(H,56,63)(H,57,68)/t31?,35-,36-,37-/m0/s1. The lowest BCUT2D eigenvalue weighted by Crippen LogP contribution is -2.64. The van der Waals surface area contributed by atoms with E-state index in [1.165, 1.54) is 27.7 Å². The Bertz CT molecular complexity index is 1990. The van der Waals surface area contributed by atoms with Crippen molar-refractivity contribution in [1.29, 1.82) is 0 Å². The fraction of sp³-hybridized carbons (Fsp3) is 0.694. The monoisotopic (exact) mass is 985 g/mol. The highest BCUT2D eigenvalue weighted by atomic mass is 31.0. The first-order valence-corrected chi connectivity index (χ1v) is 24.9. The quantitative estimate of drug-likeness (QED) is 0.0683. The minimum atomic E-state index is -1.55. The number of likely N-dealkylation sites (tertiary alicyclic amines) is 1. The third kappa shape index (κ3) is 18.9. The number of hydrogen-bond acceptors (Lipinski definition) is 10. The van der Waals surface area contributed by atoms with Crippen LogP contribution in [0.2, 0.25) is 0 Å². The average Bonchev–Trinajstić information content (AvgIpc) is 3.66. The van der Waals surface area contributed by atoms with Gasteiger partial charge in [-0.2, -0.15) is 0 Å². The van der Waals surface area contributed by atoms with E-state index in [4.69, 9.17) is 0 Å². The molecule has 69 heavy (non-hydrogen) atoms. The Labute approximate surface area is 411 Å². The zero-order valence-electron chi connectivity index (χ0n) is 42.8. The highest BCUT2D eigenvalue weighted by molar-refractivity contribution is 7.27. The molecule has 0 radical (unpaired) electrons. The summed E-state index contributed by atoms with van der Waals surface area (Å²) < 4.78 is 0. The van der Waals surface area contributed by atoms with Gasteiger partial charge in [0.25, 0.3) is 5.91 Å². The molecule has 0 spiro atoms. The third-order valence-electron chi connectivity index (χ3n) is 12.5. The molecule has 1 heterocycles. The van der Waals surface area contributed by atoms with E-state index in [0.717, 1.165) is 37.4 Å². The summed E-state index contributed by atoms with van der Waals surface area (Å²) in [5.41, 5.74) is -3.87. The molecule has 9 amide bonds. The van der Waals surface area contributed by atoms with E-state index in [0.29, 0.717) is 50.4 Å². The van der Waals surface area contributed by atoms with E-state index in [1.807, 2.05) is 51.9 Å². The highest BCUT2D eigenvalue weighted by Crippen LogP contribution is 2.29. The molecule has 2 fully saturated rings. The Kier molecular flexibility index (Phi) is 22.1. The molecule has 1 aromatic rings. The van der Waals surface area contributed by atoms with E-state index in [9.17, 15) is 43.2 Å². The van der Waals surface area contributed by atoms with Crippen LogP contribution in [0.25, 0.3) is 0 Å². The van der Waals surface area contributed by atoms with Gasteiger partial charge in [-0.1, -0.05) is 65.0 Å². The summed E-state index contributed by atoms with van der Waals surface area (Å²) in [4.78, 5) is 124. The van der Waals surface area contributed by atoms with Crippen molar-refractivity contribution in [3.8, 4) is 0 Å². The highest BCUT2D eigenvalue weighted by Gasteiger charge is 2.41. The maximum atomic E-state index is 13.9. The van der Waals surface area contributed by atoms with Crippen LogP contribution >= 0.6 is 9.24 Å². The molecule has 0 bridgehead atoms. The molecule has 1 aromatic carbocycles. The van der Waals surface area contributed by atoms with Gasteiger partial charge in [-0.05, 0) is 117 Å². The molecule has 3 rings (SSSR count). The molecule has 1 saturated heterocycles. The second-order valence-electron chi connectivity index (χ2n) is 21.2. The molecule has 2 aliphatic rings. The van der Waals surface area contributed by atoms with Crippen LogP contribution in [0.5, 0.6) is 0 Å². The van der Waals surface area contributed by atoms with Crippen molar-refractivity contribution >= 4 is 67.7 Å². The van der Waals surface area contributed by atoms with Crippen molar-refractivity contribution in [2.24, 2.45) is 17.8 Å². The van der Waals surface area contributed by atoms with Crippen molar-refractivity contribution < 1.29 is 43.2 Å². The van der Waals surface area contributed by atoms with Gasteiger partial charge >= 0.3 is 0 Å². The van der Waals surface area contributed by atoms with Crippen LogP contribution in [0.3, 0.4) is 0 Å². The summed E-state index contributed by atoms with van der Waals surface area (Å²) in [6.45, 7) is 14.9. The van der Waals surface area contributed by atoms with Crippen LogP contribution in [-0.2, 0) is 38.4 Å². The van der Waals surface area contributed by atoms with Gasteiger partial charge in [-0.15, -0.1) is 9.24 Å². The first-order chi connectivity index (χ1) is 32.1. The smallest absolute Gasteiger partial charge is 0.254 e. The second-order valence-corrected chi connectivity index (χ2v) is 21.8. The van der Waals surface area contributed by atoms with Crippen molar-refractivity contribution in [2.75, 3.05) is 46.8 Å². The summed E-state index contributed by atoms with van der Waals surface area (Å²) >= 11 is 0. The lowest BCUT2D eigenvalue weighted by Gasteiger charge is -2.33. The first kappa shape index (κ1) is 58.2. The van der Waals surface area contributed by atoms with Gasteiger partial charge in [0.05, 0.1) is 13.1 Å². The minimum Gasteiger partial charge on any atom is -0.353 e. The number of carbonyl (C=O) groups is 9. The maximum absolute atomic E-state index is 13.9. The van der Waals surface area contributed by atoms with E-state index in [2.05, 4.69) is 51.8 Å². The van der Waals surface area contributed by atoms with Gasteiger partial charge in [0.15, 0.2) is 0 Å². The van der Waals surface area contributed by atoms with Gasteiger partial charge in [-0.3, -0.25) is 43.2 Å². The fourth-order valence-corrected chi connectivity index (χ4v) is 8.55. The Morgan fingerprint density at radius 2 is 1.29 bits per heavy atom. The average molecular weight is 985 g/mol. The summed E-state index contributed by atoms with van der Waals surface area (Å²) in [6.07, 6.45) is 7.12. The maximum Gasteiger partial charge on any atom is 0.254 e. The van der Waals surface area contributed by atoms with Gasteiger partial charge in [0.2, 0.25) is 47.3 Å². The van der Waals surface area contributed by atoms with Crippen LogP contribution in [0, 0.1) is 17.8 Å². The number of amides is 9. The molecule has 1 saturated carbocycles. The molecule has 1 aliphatic carbocycles. The summed E-state index contributed by atoms with van der Waals surface area (Å²) in [6, 6.07) is 4.22. The van der Waals surface area contributed by atoms with Crippen LogP contribution in [-0.4, -0.2) is 145 Å². The lowest BCUT2D eigenvalue weighted by atomic mass is 9.85. The van der Waals surface area contributed by atoms with Gasteiger partial charge < -0.3 is 52.3 Å². The van der Waals surface area contributed by atoms with Gasteiger partial charge in [0.1, 0.15) is 34.7 Å². The molecule has 386 valence electrons. The van der Waals surface area contributed by atoms with Crippen molar-refractivity contribution in [1.82, 2.24) is 52.3 Å². The molecular formula is C49H81N10O9P. The molecular weight excluding hydrogens is 904 g/mol. The number of likely N-dealkylation sites (N-methyl/N-ethyl adjacent to an activating group) is 1. The van der Waals surface area contributed by atoms with Crippen molar-refractivity contribution in [3.05, 3.63) is 29.8 Å². The predicted molar refractivity (Wildman–Crippen MR) is 268 cm³/mol. The van der Waals surface area contributed by atoms with Crippen LogP contribution in [0.4, 0.5) is 0 Å². The summed E-state index contributed by atoms with van der Waals surface area (Å²) in [5, 5.41) is 22.3. The van der Waals surface area contributed by atoms with Crippen molar-refractivity contribution in [2.45, 2.75) is 155 Å². The Morgan fingerprint density at radius 3 is 1.90 bits per heavy atom. The molecule has 0 aromatic heterocycles. The van der Waals surface area contributed by atoms with E-state index >= 15 is 0 Å². The predicted octanol–water partition coefficient (Wildman–Crippen LogP) is 1.01. The van der Waals surface area contributed by atoms with Crippen LogP contribution in [0.15, 0.2) is 24.3 Å². The SMILES string of the molecule is CC(C)C[C@H](NC(=O)CNC(=O)C(C)(C)NC(=O)CNC(=O)[C@H](CCC1CCCCC1)NC(=O)[C@@H]1CC(C)CN1C(=O)c1ccc(P)cc1)C(=O)NC(C)(C)C(=O)NC(C)(C)C(=O)NCCN(C)C. The second kappa shape index (κ2) is 26.2. The zero-order valence-corrected chi connectivity index (χ0v) is 44.0. The number of nitrogens with zero attached hydrogens (tertiary/aromatic N) is 2. The van der Waals surface area contributed by atoms with E-state index in [-0.39, 0.29) is 24.2 Å². The summed E-state index contributed by atoms with van der Waals surface area (Å²) in [7, 11) is 6.32. The minimum absolute atomic E-state index is 0.0589. The number of benzene rings is 1. The largest absolute Gasteiger partial charge is 0.353 e. The zero-order chi connectivity index (χ0) is 51.9. The van der Waals surface area contributed by atoms with Crippen LogP contribution in [0.1, 0.15) is 130 Å². The molecule has 1 aliphatic heterocycles. The van der Waals surface area contributed by atoms with E-state index in [1.54, 1.807) is 30.9 Å². The van der Waals surface area contributed by atoms with E-state index < -0.39 is 95.1 Å². The Balaban J connectivity index is 1.58. The normalized spacial score (nSPS) is 17.6.